The lowest BCUT2D eigenvalue weighted by atomic mass is 10.1. The third kappa shape index (κ3) is 5.02. The summed E-state index contributed by atoms with van der Waals surface area (Å²) in [4.78, 5) is 30.6. The number of hydrogen-bond donors (Lipinski definition) is 2. The number of aryl methyl sites for hydroxylation is 1. The van der Waals surface area contributed by atoms with Crippen molar-refractivity contribution in [2.24, 2.45) is 5.10 Å². The lowest BCUT2D eigenvalue weighted by Crippen LogP contribution is -2.25. The van der Waals surface area contributed by atoms with Gasteiger partial charge in [-0.2, -0.15) is 5.10 Å². The molecule has 3 aromatic carbocycles. The molecule has 34 heavy (non-hydrogen) atoms. The maximum atomic E-state index is 13.4. The van der Waals surface area contributed by atoms with Gasteiger partial charge in [0.15, 0.2) is 5.16 Å². The number of amides is 1. The number of fused-ring (bicyclic) bond motifs is 1. The molecule has 0 unspecified atom stereocenters. The SMILES string of the molecule is CC/C(=N/NC(=O)CSc1nc2ccccc2c(=O)n1-c1ccccc1C)c1ccc(O)cc1. The monoisotopic (exact) mass is 472 g/mol. The van der Waals surface area contributed by atoms with E-state index in [0.717, 1.165) is 16.8 Å². The van der Waals surface area contributed by atoms with Crippen LogP contribution in [0.4, 0.5) is 0 Å². The minimum Gasteiger partial charge on any atom is -0.508 e. The zero-order valence-corrected chi connectivity index (χ0v) is 19.7. The summed E-state index contributed by atoms with van der Waals surface area (Å²) in [6.45, 7) is 3.87. The first-order chi connectivity index (χ1) is 16.5. The van der Waals surface area contributed by atoms with Crippen molar-refractivity contribution in [1.82, 2.24) is 15.0 Å². The molecule has 0 aliphatic heterocycles. The van der Waals surface area contributed by atoms with Crippen LogP contribution in [-0.2, 0) is 4.79 Å². The lowest BCUT2D eigenvalue weighted by Gasteiger charge is -2.15. The normalized spacial score (nSPS) is 11.5. The summed E-state index contributed by atoms with van der Waals surface area (Å²) >= 11 is 1.18. The highest BCUT2D eigenvalue weighted by atomic mass is 32.2. The maximum absolute atomic E-state index is 13.4. The Morgan fingerprint density at radius 1 is 1.06 bits per heavy atom. The minimum absolute atomic E-state index is 0.0345. The van der Waals surface area contributed by atoms with E-state index in [4.69, 9.17) is 0 Å². The molecule has 7 nitrogen and oxygen atoms in total. The number of rotatable bonds is 7. The van der Waals surface area contributed by atoms with Gasteiger partial charge in [0.25, 0.3) is 11.5 Å². The molecule has 1 aromatic heterocycles. The second kappa shape index (κ2) is 10.4. The van der Waals surface area contributed by atoms with Gasteiger partial charge in [0.1, 0.15) is 5.75 Å². The number of carbonyl (C=O) groups excluding carboxylic acids is 1. The molecule has 0 spiro atoms. The number of phenolic OH excluding ortho intramolecular Hbond substituents is 1. The third-order valence-electron chi connectivity index (χ3n) is 5.28. The van der Waals surface area contributed by atoms with Gasteiger partial charge in [-0.25, -0.2) is 10.4 Å². The zero-order chi connectivity index (χ0) is 24.1. The molecule has 0 aliphatic carbocycles. The van der Waals surface area contributed by atoms with Crippen molar-refractivity contribution < 1.29 is 9.90 Å². The van der Waals surface area contributed by atoms with Crippen molar-refractivity contribution >= 4 is 34.3 Å². The van der Waals surface area contributed by atoms with Gasteiger partial charge in [-0.1, -0.05) is 49.0 Å². The number of benzene rings is 3. The van der Waals surface area contributed by atoms with Crippen molar-refractivity contribution in [1.29, 1.82) is 0 Å². The van der Waals surface area contributed by atoms with Crippen LogP contribution >= 0.6 is 11.8 Å². The number of thioether (sulfide) groups is 1. The first kappa shape index (κ1) is 23.3. The minimum atomic E-state index is -0.312. The second-order valence-electron chi connectivity index (χ2n) is 7.62. The average Bonchev–Trinajstić information content (AvgIpc) is 2.85. The number of nitrogens with one attached hydrogen (secondary N) is 1. The van der Waals surface area contributed by atoms with Gasteiger partial charge < -0.3 is 5.11 Å². The number of hydrazone groups is 1. The standard InChI is InChI=1S/C26H24N4O3S/c1-3-21(18-12-14-19(31)15-13-18)28-29-24(32)16-34-26-27-22-10-6-5-9-20(22)25(33)30(26)23-11-7-4-8-17(23)2/h4-15,31H,3,16H2,1-2H3,(H,29,32)/b28-21-. The second-order valence-corrected chi connectivity index (χ2v) is 8.56. The molecular weight excluding hydrogens is 448 g/mol. The molecule has 0 saturated carbocycles. The molecule has 4 aromatic rings. The Labute approximate surface area is 201 Å². The van der Waals surface area contributed by atoms with Crippen molar-refractivity contribution in [3.05, 3.63) is 94.3 Å². The predicted octanol–water partition coefficient (Wildman–Crippen LogP) is 4.42. The van der Waals surface area contributed by atoms with E-state index in [-0.39, 0.29) is 23.0 Å². The summed E-state index contributed by atoms with van der Waals surface area (Å²) in [5, 5.41) is 14.7. The zero-order valence-electron chi connectivity index (χ0n) is 18.9. The molecule has 0 saturated heterocycles. The molecule has 1 heterocycles. The summed E-state index contributed by atoms with van der Waals surface area (Å²) in [5.74, 6) is -0.108. The van der Waals surface area contributed by atoms with Gasteiger partial charge in [-0.3, -0.25) is 14.2 Å². The molecular formula is C26H24N4O3S. The van der Waals surface area contributed by atoms with Crippen molar-refractivity contribution in [2.45, 2.75) is 25.4 Å². The lowest BCUT2D eigenvalue weighted by molar-refractivity contribution is -0.118. The molecule has 0 bridgehead atoms. The molecule has 172 valence electrons. The van der Waals surface area contributed by atoms with Crippen LogP contribution in [0.15, 0.2) is 87.8 Å². The first-order valence-corrected chi connectivity index (χ1v) is 11.8. The first-order valence-electron chi connectivity index (χ1n) is 10.8. The number of para-hydroxylation sites is 2. The Kier molecular flexibility index (Phi) is 7.08. The molecule has 4 rings (SSSR count). The van der Waals surface area contributed by atoms with E-state index < -0.39 is 0 Å². The number of nitrogens with zero attached hydrogens (tertiary/aromatic N) is 3. The van der Waals surface area contributed by atoms with Crippen LogP contribution in [0, 0.1) is 6.92 Å². The summed E-state index contributed by atoms with van der Waals surface area (Å²) in [6.07, 6.45) is 0.608. The van der Waals surface area contributed by atoms with Gasteiger partial charge in [0, 0.05) is 0 Å². The molecule has 2 N–H and O–H groups in total. The number of aromatic hydroxyl groups is 1. The molecule has 0 aliphatic rings. The fraction of sp³-hybridized carbons (Fsp3) is 0.154. The van der Waals surface area contributed by atoms with Crippen LogP contribution in [-0.4, -0.2) is 32.0 Å². The van der Waals surface area contributed by atoms with Crippen LogP contribution in [0.1, 0.15) is 24.5 Å². The Morgan fingerprint density at radius 3 is 2.50 bits per heavy atom. The van der Waals surface area contributed by atoms with Gasteiger partial charge in [0.05, 0.1) is 28.1 Å². The van der Waals surface area contributed by atoms with E-state index in [9.17, 15) is 14.7 Å². The predicted molar refractivity (Wildman–Crippen MR) is 136 cm³/mol. The van der Waals surface area contributed by atoms with Crippen LogP contribution in [0.3, 0.4) is 0 Å². The van der Waals surface area contributed by atoms with Crippen LogP contribution in [0.25, 0.3) is 16.6 Å². The fourth-order valence-corrected chi connectivity index (χ4v) is 4.33. The Morgan fingerprint density at radius 2 is 1.76 bits per heavy atom. The van der Waals surface area contributed by atoms with Crippen molar-refractivity contribution in [3.8, 4) is 11.4 Å². The highest BCUT2D eigenvalue weighted by Gasteiger charge is 2.16. The maximum Gasteiger partial charge on any atom is 0.266 e. The van der Waals surface area contributed by atoms with E-state index in [0.29, 0.717) is 28.2 Å². The smallest absolute Gasteiger partial charge is 0.266 e. The van der Waals surface area contributed by atoms with E-state index in [1.54, 1.807) is 41.0 Å². The van der Waals surface area contributed by atoms with E-state index in [2.05, 4.69) is 15.5 Å². The molecule has 0 radical (unpaired) electrons. The summed E-state index contributed by atoms with van der Waals surface area (Å²) in [7, 11) is 0. The molecule has 0 fully saturated rings. The Hall–Kier alpha value is -3.91. The van der Waals surface area contributed by atoms with Gasteiger partial charge in [-0.05, 0) is 66.9 Å². The largest absolute Gasteiger partial charge is 0.508 e. The molecule has 8 heteroatoms. The fourth-order valence-electron chi connectivity index (χ4n) is 3.53. The Bertz CT molecular complexity index is 1430. The van der Waals surface area contributed by atoms with Crippen molar-refractivity contribution in [2.75, 3.05) is 5.75 Å². The Balaban J connectivity index is 1.60. The van der Waals surface area contributed by atoms with Gasteiger partial charge >= 0.3 is 0 Å². The van der Waals surface area contributed by atoms with Gasteiger partial charge in [-0.15, -0.1) is 0 Å². The summed E-state index contributed by atoms with van der Waals surface area (Å²) in [5.41, 5.74) is 6.16. The highest BCUT2D eigenvalue weighted by Crippen LogP contribution is 2.23. The average molecular weight is 473 g/mol. The van der Waals surface area contributed by atoms with E-state index >= 15 is 0 Å². The van der Waals surface area contributed by atoms with E-state index in [1.165, 1.54) is 11.8 Å². The topological polar surface area (TPSA) is 96.6 Å². The van der Waals surface area contributed by atoms with Crippen LogP contribution in [0.2, 0.25) is 0 Å². The summed E-state index contributed by atoms with van der Waals surface area (Å²) in [6, 6.07) is 21.4. The number of hydrogen-bond acceptors (Lipinski definition) is 6. The number of phenols is 1. The van der Waals surface area contributed by atoms with Gasteiger partial charge in [0.2, 0.25) is 0 Å². The molecule has 1 amide bonds. The summed E-state index contributed by atoms with van der Waals surface area (Å²) < 4.78 is 1.56. The van der Waals surface area contributed by atoms with E-state index in [1.807, 2.05) is 50.2 Å². The van der Waals surface area contributed by atoms with Crippen molar-refractivity contribution in [3.63, 3.8) is 0 Å². The molecule has 0 atom stereocenters. The quantitative estimate of drug-likeness (QED) is 0.180. The van der Waals surface area contributed by atoms with Crippen LogP contribution < -0.4 is 11.0 Å². The number of aromatic nitrogens is 2. The number of carbonyl (C=O) groups is 1. The third-order valence-corrected chi connectivity index (χ3v) is 6.22. The van der Waals surface area contributed by atoms with Crippen LogP contribution in [0.5, 0.6) is 5.75 Å². The highest BCUT2D eigenvalue weighted by molar-refractivity contribution is 7.99.